The minimum absolute atomic E-state index is 0.194. The first-order valence-corrected chi connectivity index (χ1v) is 7.89. The number of amides is 2. The van der Waals surface area contributed by atoms with E-state index in [9.17, 15) is 19.8 Å². The van der Waals surface area contributed by atoms with Crippen LogP contribution in [0.1, 0.15) is 41.5 Å². The normalized spacial score (nSPS) is 12.7. The molecule has 0 aliphatic rings. The first-order chi connectivity index (χ1) is 11.2. The van der Waals surface area contributed by atoms with Crippen molar-refractivity contribution in [2.75, 3.05) is 4.90 Å². The summed E-state index contributed by atoms with van der Waals surface area (Å²) in [5.41, 5.74) is -1.15. The molecule has 0 bridgehead atoms. The van der Waals surface area contributed by atoms with Crippen molar-refractivity contribution in [2.24, 2.45) is 4.99 Å². The maximum Gasteiger partial charge on any atom is 0.434 e. The van der Waals surface area contributed by atoms with Gasteiger partial charge in [-0.05, 0) is 53.7 Å². The molecular formula is C16H23ClN4O4. The highest BCUT2D eigenvalue weighted by atomic mass is 35.5. The van der Waals surface area contributed by atoms with Crippen LogP contribution in [0.5, 0.6) is 0 Å². The summed E-state index contributed by atoms with van der Waals surface area (Å²) in [5.74, 6) is -0.234. The van der Waals surface area contributed by atoms with Gasteiger partial charge in [-0.2, -0.15) is 0 Å². The lowest BCUT2D eigenvalue weighted by molar-refractivity contribution is 0.138. The smallest absolute Gasteiger partial charge is 0.434 e. The van der Waals surface area contributed by atoms with E-state index in [0.29, 0.717) is 5.69 Å². The molecule has 8 nitrogen and oxygen atoms in total. The van der Waals surface area contributed by atoms with E-state index in [4.69, 9.17) is 11.6 Å². The van der Waals surface area contributed by atoms with Crippen LogP contribution in [0.3, 0.4) is 0 Å². The van der Waals surface area contributed by atoms with Gasteiger partial charge in [0.15, 0.2) is 0 Å². The molecule has 0 saturated carbocycles. The van der Waals surface area contributed by atoms with E-state index in [-0.39, 0.29) is 11.1 Å². The number of aromatic nitrogens is 1. The second kappa shape index (κ2) is 7.26. The average molecular weight is 371 g/mol. The molecule has 9 heteroatoms. The van der Waals surface area contributed by atoms with Crippen molar-refractivity contribution >= 4 is 35.4 Å². The first-order valence-electron chi connectivity index (χ1n) is 7.51. The van der Waals surface area contributed by atoms with Crippen LogP contribution in [0.15, 0.2) is 23.3 Å². The molecule has 0 aromatic carbocycles. The molecule has 1 aromatic rings. The third-order valence-corrected chi connectivity index (χ3v) is 3.30. The Hall–Kier alpha value is -2.35. The van der Waals surface area contributed by atoms with Crippen LogP contribution in [-0.4, -0.2) is 49.3 Å². The van der Waals surface area contributed by atoms with Crippen molar-refractivity contribution in [1.29, 1.82) is 0 Å². The molecule has 2 amide bonds. The second-order valence-electron chi connectivity index (χ2n) is 7.33. The van der Waals surface area contributed by atoms with Gasteiger partial charge >= 0.3 is 12.2 Å². The third-order valence-electron chi connectivity index (χ3n) is 3.10. The van der Waals surface area contributed by atoms with Crippen LogP contribution in [0.4, 0.5) is 15.3 Å². The molecule has 2 N–H and O–H groups in total. The van der Waals surface area contributed by atoms with Gasteiger partial charge in [-0.3, -0.25) is 0 Å². The van der Waals surface area contributed by atoms with Crippen molar-refractivity contribution in [3.63, 3.8) is 0 Å². The minimum Gasteiger partial charge on any atom is -0.465 e. The van der Waals surface area contributed by atoms with Gasteiger partial charge in [-0.25, -0.2) is 19.5 Å². The zero-order valence-corrected chi connectivity index (χ0v) is 15.9. The van der Waals surface area contributed by atoms with Gasteiger partial charge in [0.2, 0.25) is 5.96 Å². The molecule has 1 aromatic heterocycles. The number of hydrogen-bond acceptors (Lipinski definition) is 3. The molecule has 0 unspecified atom stereocenters. The van der Waals surface area contributed by atoms with Gasteiger partial charge in [0, 0.05) is 23.0 Å². The van der Waals surface area contributed by atoms with E-state index >= 15 is 0 Å². The number of nitrogens with zero attached hydrogens (tertiary/aromatic N) is 4. The highest BCUT2D eigenvalue weighted by Gasteiger charge is 2.39. The first kappa shape index (κ1) is 20.7. The zero-order chi connectivity index (χ0) is 19.6. The Kier molecular flexibility index (Phi) is 6.01. The highest BCUT2D eigenvalue weighted by Crippen LogP contribution is 2.29. The summed E-state index contributed by atoms with van der Waals surface area (Å²) in [6.45, 7) is 10.4. The molecule has 1 heterocycles. The molecule has 0 spiro atoms. The van der Waals surface area contributed by atoms with Crippen molar-refractivity contribution in [3.8, 4) is 0 Å². The number of guanidine groups is 1. The Labute approximate surface area is 151 Å². The van der Waals surface area contributed by atoms with Crippen LogP contribution in [0.2, 0.25) is 5.15 Å². The lowest BCUT2D eigenvalue weighted by Crippen LogP contribution is -2.60. The molecule has 0 atom stereocenters. The summed E-state index contributed by atoms with van der Waals surface area (Å²) in [7, 11) is 0. The average Bonchev–Trinajstić information content (AvgIpc) is 2.33. The fraction of sp³-hybridized carbons (Fsp3) is 0.500. The van der Waals surface area contributed by atoms with Crippen LogP contribution in [0.25, 0.3) is 0 Å². The molecular weight excluding hydrogens is 348 g/mol. The van der Waals surface area contributed by atoms with Crippen molar-refractivity contribution in [2.45, 2.75) is 52.6 Å². The van der Waals surface area contributed by atoms with Gasteiger partial charge in [0.1, 0.15) is 5.15 Å². The molecule has 0 radical (unpaired) electrons. The van der Waals surface area contributed by atoms with E-state index in [1.165, 1.54) is 17.2 Å². The van der Waals surface area contributed by atoms with Gasteiger partial charge in [0.25, 0.3) is 0 Å². The number of hydrogen-bond donors (Lipinski definition) is 2. The summed E-state index contributed by atoms with van der Waals surface area (Å²) < 4.78 is 0. The minimum atomic E-state index is -1.50. The van der Waals surface area contributed by atoms with Gasteiger partial charge in [-0.1, -0.05) is 11.6 Å². The number of anilines is 1. The fourth-order valence-corrected chi connectivity index (χ4v) is 2.46. The molecule has 0 aliphatic carbocycles. The summed E-state index contributed by atoms with van der Waals surface area (Å²) in [4.78, 5) is 33.1. The molecule has 0 fully saturated rings. The van der Waals surface area contributed by atoms with Gasteiger partial charge < -0.3 is 15.1 Å². The Morgan fingerprint density at radius 2 is 1.68 bits per heavy atom. The Bertz CT molecular complexity index is 692. The number of carbonyl (C=O) groups is 2. The Morgan fingerprint density at radius 3 is 2.04 bits per heavy atom. The zero-order valence-electron chi connectivity index (χ0n) is 15.1. The van der Waals surface area contributed by atoms with E-state index in [2.05, 4.69) is 9.98 Å². The molecule has 25 heavy (non-hydrogen) atoms. The maximum atomic E-state index is 11.9. The Morgan fingerprint density at radius 1 is 1.12 bits per heavy atom. The van der Waals surface area contributed by atoms with Gasteiger partial charge in [0.05, 0.1) is 0 Å². The molecule has 138 valence electrons. The van der Waals surface area contributed by atoms with Crippen LogP contribution in [0, 0.1) is 0 Å². The molecule has 1 rings (SSSR count). The summed E-state index contributed by atoms with van der Waals surface area (Å²) in [6.07, 6.45) is -1.36. The number of pyridine rings is 1. The van der Waals surface area contributed by atoms with E-state index in [1.54, 1.807) is 47.6 Å². The van der Waals surface area contributed by atoms with Crippen molar-refractivity contribution in [3.05, 3.63) is 23.5 Å². The predicted molar refractivity (Wildman–Crippen MR) is 96.6 cm³/mol. The molecule has 0 saturated heterocycles. The largest absolute Gasteiger partial charge is 0.465 e. The topological polar surface area (TPSA) is 106 Å². The number of halogens is 1. The highest BCUT2D eigenvalue weighted by molar-refractivity contribution is 6.29. The van der Waals surface area contributed by atoms with E-state index in [0.717, 1.165) is 4.90 Å². The summed E-state index contributed by atoms with van der Waals surface area (Å²) >= 11 is 5.96. The van der Waals surface area contributed by atoms with Crippen LogP contribution in [-0.2, 0) is 0 Å². The summed E-state index contributed by atoms with van der Waals surface area (Å²) in [6, 6.07) is 3.13. The number of aliphatic imine (C=N–C) groups is 1. The predicted octanol–water partition coefficient (Wildman–Crippen LogP) is 4.15. The molecule has 0 aliphatic heterocycles. The maximum absolute atomic E-state index is 11.9. The number of rotatable bonds is 1. The third kappa shape index (κ3) is 5.32. The lowest BCUT2D eigenvalue weighted by atomic mass is 10.0. The lowest BCUT2D eigenvalue weighted by Gasteiger charge is -2.44. The summed E-state index contributed by atoms with van der Waals surface area (Å²) in [5, 5.41) is 19.1. The second-order valence-corrected chi connectivity index (χ2v) is 7.71. The SMILES string of the molecule is CC(C)(C)N(C(=O)O)C(=NC(=O)O)N(c1ccnc(Cl)c1)C(C)(C)C. The van der Waals surface area contributed by atoms with E-state index in [1.807, 2.05) is 0 Å². The van der Waals surface area contributed by atoms with Crippen LogP contribution < -0.4 is 4.90 Å². The quantitative estimate of drug-likeness (QED) is 0.437. The number of carboxylic acid groups (broad SMARTS) is 2. The fourth-order valence-electron chi connectivity index (χ4n) is 2.29. The van der Waals surface area contributed by atoms with Crippen LogP contribution >= 0.6 is 11.6 Å². The standard InChI is InChI=1S/C16H23ClN4O4/c1-15(2,3)20(10-7-8-18-11(17)9-10)12(19-13(22)23)21(14(24)25)16(4,5)6/h7-9H,1-6H3,(H,22,23)(H,24,25). The van der Waals surface area contributed by atoms with Crippen molar-refractivity contribution < 1.29 is 19.8 Å². The van der Waals surface area contributed by atoms with E-state index < -0.39 is 23.3 Å². The monoisotopic (exact) mass is 370 g/mol. The van der Waals surface area contributed by atoms with Gasteiger partial charge in [-0.15, -0.1) is 4.99 Å². The Balaban J connectivity index is 3.73. The van der Waals surface area contributed by atoms with Crippen molar-refractivity contribution in [1.82, 2.24) is 9.88 Å².